The summed E-state index contributed by atoms with van der Waals surface area (Å²) >= 11 is 0. The first-order valence-electron chi connectivity index (χ1n) is 7.72. The third-order valence-electron chi connectivity index (χ3n) is 4.63. The summed E-state index contributed by atoms with van der Waals surface area (Å²) in [5, 5.41) is 0. The van der Waals surface area contributed by atoms with Crippen molar-refractivity contribution < 1.29 is 19.1 Å². The van der Waals surface area contributed by atoms with E-state index in [9.17, 15) is 9.59 Å². The summed E-state index contributed by atoms with van der Waals surface area (Å²) in [7, 11) is 3.26. The summed E-state index contributed by atoms with van der Waals surface area (Å²) < 4.78 is 10.4. The first-order valence-corrected chi connectivity index (χ1v) is 7.72. The molecule has 122 valence electrons. The average molecular weight is 307 g/mol. The topological polar surface area (TPSA) is 55.8 Å². The molecule has 2 rings (SSSR count). The van der Waals surface area contributed by atoms with Crippen molar-refractivity contribution in [2.45, 2.75) is 33.1 Å². The molecule has 1 heterocycles. The Bertz CT molecular complexity index is 513. The minimum Gasteiger partial charge on any atom is -0.385 e. The standard InChI is InChI=1S/C17H25NO4/c1-12-5-6-15-14(11-12)17(7-9-21-3,8-10-22-4)16(20)18(15)13(2)19/h5-6,12H,7-11H2,1-4H3. The minimum atomic E-state index is -0.675. The highest BCUT2D eigenvalue weighted by Crippen LogP contribution is 2.50. The van der Waals surface area contributed by atoms with E-state index >= 15 is 0 Å². The molecule has 5 nitrogen and oxygen atoms in total. The van der Waals surface area contributed by atoms with Crippen LogP contribution in [-0.4, -0.2) is 44.1 Å². The zero-order valence-electron chi connectivity index (χ0n) is 13.8. The average Bonchev–Trinajstić information content (AvgIpc) is 2.72. The molecular formula is C17H25NO4. The summed E-state index contributed by atoms with van der Waals surface area (Å²) in [5.41, 5.74) is 1.16. The van der Waals surface area contributed by atoms with Crippen LogP contribution in [0.25, 0.3) is 0 Å². The predicted octanol–water partition coefficient (Wildman–Crippen LogP) is 2.28. The number of allylic oxidation sites excluding steroid dienone is 2. The maximum Gasteiger partial charge on any atom is 0.244 e. The van der Waals surface area contributed by atoms with E-state index in [4.69, 9.17) is 9.47 Å². The van der Waals surface area contributed by atoms with Crippen LogP contribution >= 0.6 is 0 Å². The lowest BCUT2D eigenvalue weighted by atomic mass is 9.71. The smallest absolute Gasteiger partial charge is 0.244 e. The Hall–Kier alpha value is -1.46. The molecule has 2 amide bonds. The van der Waals surface area contributed by atoms with Crippen LogP contribution < -0.4 is 0 Å². The third kappa shape index (κ3) is 2.75. The molecule has 5 heteroatoms. The molecule has 2 aliphatic rings. The molecular weight excluding hydrogens is 282 g/mol. The van der Waals surface area contributed by atoms with Gasteiger partial charge in [0.05, 0.1) is 11.1 Å². The Morgan fingerprint density at radius 3 is 2.41 bits per heavy atom. The number of amides is 2. The van der Waals surface area contributed by atoms with Gasteiger partial charge in [-0.15, -0.1) is 0 Å². The molecule has 0 radical (unpaired) electrons. The quantitative estimate of drug-likeness (QED) is 0.755. The van der Waals surface area contributed by atoms with Crippen molar-refractivity contribution in [2.75, 3.05) is 27.4 Å². The summed E-state index contributed by atoms with van der Waals surface area (Å²) in [6, 6.07) is 0. The molecule has 0 N–H and O–H groups in total. The van der Waals surface area contributed by atoms with Gasteiger partial charge in [0.1, 0.15) is 0 Å². The van der Waals surface area contributed by atoms with Gasteiger partial charge < -0.3 is 9.47 Å². The number of ether oxygens (including phenoxy) is 2. The molecule has 0 aromatic carbocycles. The normalized spacial score (nSPS) is 23.2. The maximum absolute atomic E-state index is 13.1. The summed E-state index contributed by atoms with van der Waals surface area (Å²) in [5.74, 6) is 0.00850. The van der Waals surface area contributed by atoms with Crippen LogP contribution in [0.15, 0.2) is 23.4 Å². The summed E-state index contributed by atoms with van der Waals surface area (Å²) in [6.07, 6.45) is 5.94. The monoisotopic (exact) mass is 307 g/mol. The van der Waals surface area contributed by atoms with Gasteiger partial charge in [0.25, 0.3) is 0 Å². The van der Waals surface area contributed by atoms with Crippen LogP contribution in [0, 0.1) is 11.3 Å². The van der Waals surface area contributed by atoms with Crippen molar-refractivity contribution in [2.24, 2.45) is 11.3 Å². The second-order valence-corrected chi connectivity index (χ2v) is 6.13. The van der Waals surface area contributed by atoms with Gasteiger partial charge in [-0.2, -0.15) is 0 Å². The highest BCUT2D eigenvalue weighted by Gasteiger charge is 2.53. The van der Waals surface area contributed by atoms with E-state index in [1.807, 2.05) is 6.08 Å². The number of carbonyl (C=O) groups excluding carboxylic acids is 2. The fourth-order valence-electron chi connectivity index (χ4n) is 3.46. The van der Waals surface area contributed by atoms with Crippen molar-refractivity contribution in [3.8, 4) is 0 Å². The molecule has 22 heavy (non-hydrogen) atoms. The van der Waals surface area contributed by atoms with Crippen molar-refractivity contribution >= 4 is 11.8 Å². The molecule has 0 bridgehead atoms. The zero-order chi connectivity index (χ0) is 16.3. The number of imide groups is 1. The Morgan fingerprint density at radius 1 is 1.32 bits per heavy atom. The second kappa shape index (κ2) is 6.75. The fourth-order valence-corrected chi connectivity index (χ4v) is 3.46. The lowest BCUT2D eigenvalue weighted by Crippen LogP contribution is -2.41. The Labute approximate surface area is 131 Å². The highest BCUT2D eigenvalue weighted by molar-refractivity contribution is 6.04. The van der Waals surface area contributed by atoms with E-state index < -0.39 is 5.41 Å². The zero-order valence-corrected chi connectivity index (χ0v) is 13.8. The summed E-state index contributed by atoms with van der Waals surface area (Å²) in [6.45, 7) is 4.53. The fraction of sp³-hybridized carbons (Fsp3) is 0.647. The molecule has 0 aromatic rings. The van der Waals surface area contributed by atoms with Gasteiger partial charge in [0.15, 0.2) is 0 Å². The van der Waals surface area contributed by atoms with E-state index in [-0.39, 0.29) is 11.8 Å². The number of nitrogens with zero attached hydrogens (tertiary/aromatic N) is 1. The summed E-state index contributed by atoms with van der Waals surface area (Å²) in [4.78, 5) is 26.4. The van der Waals surface area contributed by atoms with Crippen LogP contribution in [0.5, 0.6) is 0 Å². The van der Waals surface area contributed by atoms with Crippen LogP contribution in [0.4, 0.5) is 0 Å². The lowest BCUT2D eigenvalue weighted by Gasteiger charge is -2.31. The lowest BCUT2D eigenvalue weighted by molar-refractivity contribution is -0.145. The van der Waals surface area contributed by atoms with Gasteiger partial charge in [0, 0.05) is 34.4 Å². The van der Waals surface area contributed by atoms with Crippen LogP contribution in [0.1, 0.15) is 33.1 Å². The highest BCUT2D eigenvalue weighted by atomic mass is 16.5. The molecule has 1 aliphatic heterocycles. The number of hydrogen-bond acceptors (Lipinski definition) is 4. The predicted molar refractivity (Wildman–Crippen MR) is 82.9 cm³/mol. The third-order valence-corrected chi connectivity index (χ3v) is 4.63. The van der Waals surface area contributed by atoms with Gasteiger partial charge >= 0.3 is 0 Å². The molecule has 1 atom stereocenters. The Morgan fingerprint density at radius 2 is 1.91 bits per heavy atom. The second-order valence-electron chi connectivity index (χ2n) is 6.13. The van der Waals surface area contributed by atoms with Crippen molar-refractivity contribution in [3.63, 3.8) is 0 Å². The number of rotatable bonds is 6. The van der Waals surface area contributed by atoms with Gasteiger partial charge in [-0.3, -0.25) is 14.5 Å². The largest absolute Gasteiger partial charge is 0.385 e. The van der Waals surface area contributed by atoms with E-state index in [2.05, 4.69) is 13.0 Å². The van der Waals surface area contributed by atoms with Gasteiger partial charge in [-0.1, -0.05) is 13.0 Å². The molecule has 0 saturated heterocycles. The van der Waals surface area contributed by atoms with Crippen LogP contribution in [-0.2, 0) is 19.1 Å². The number of methoxy groups -OCH3 is 2. The van der Waals surface area contributed by atoms with E-state index in [0.29, 0.717) is 32.0 Å². The molecule has 1 aliphatic carbocycles. The molecule has 0 spiro atoms. The molecule has 1 unspecified atom stereocenters. The minimum absolute atomic E-state index is 0.127. The van der Waals surface area contributed by atoms with Crippen molar-refractivity contribution in [1.29, 1.82) is 0 Å². The van der Waals surface area contributed by atoms with E-state index in [0.717, 1.165) is 17.7 Å². The van der Waals surface area contributed by atoms with Crippen LogP contribution in [0.3, 0.4) is 0 Å². The van der Waals surface area contributed by atoms with Crippen LogP contribution in [0.2, 0.25) is 0 Å². The molecule has 0 fully saturated rings. The first-order chi connectivity index (χ1) is 10.5. The Balaban J connectivity index is 2.49. The van der Waals surface area contributed by atoms with Gasteiger partial charge in [-0.25, -0.2) is 0 Å². The van der Waals surface area contributed by atoms with Crippen molar-refractivity contribution in [3.05, 3.63) is 23.4 Å². The van der Waals surface area contributed by atoms with E-state index in [1.54, 1.807) is 14.2 Å². The number of carbonyl (C=O) groups is 2. The van der Waals surface area contributed by atoms with Gasteiger partial charge in [0.2, 0.25) is 11.8 Å². The molecule has 0 aromatic heterocycles. The SMILES string of the molecule is COCCC1(CCOC)C(=O)N(C(C)=O)C2=C1CC(C)C=C2. The number of hydrogen-bond donors (Lipinski definition) is 0. The first kappa shape index (κ1) is 16.9. The van der Waals surface area contributed by atoms with Crippen molar-refractivity contribution in [1.82, 2.24) is 4.90 Å². The molecule has 0 saturated carbocycles. The Kier molecular flexibility index (Phi) is 5.19. The van der Waals surface area contributed by atoms with Gasteiger partial charge in [-0.05, 0) is 36.8 Å². The van der Waals surface area contributed by atoms with E-state index in [1.165, 1.54) is 11.8 Å². The maximum atomic E-state index is 13.1.